The number of nitrogens with one attached hydrogen (secondary N) is 2. The van der Waals surface area contributed by atoms with Crippen LogP contribution in [0.3, 0.4) is 0 Å². The molecular weight excluding hydrogens is 310 g/mol. The first-order valence-corrected chi connectivity index (χ1v) is 9.05. The first kappa shape index (κ1) is 14.5. The second kappa shape index (κ2) is 5.74. The monoisotopic (exact) mass is 327 g/mol. The maximum atomic E-state index is 12.2. The Hall–Kier alpha value is -1.45. The van der Waals surface area contributed by atoms with E-state index < -0.39 is 10.0 Å². The molecule has 0 amide bonds. The summed E-state index contributed by atoms with van der Waals surface area (Å²) in [5, 5.41) is 8.29. The SMILES string of the molecule is Cc1ncc(S(=O)(=O)Nc2cnn(C3CCNCC3)c2)s1. The van der Waals surface area contributed by atoms with Crippen LogP contribution in [0.5, 0.6) is 0 Å². The highest BCUT2D eigenvalue weighted by atomic mass is 32.2. The number of hydrogen-bond acceptors (Lipinski definition) is 6. The zero-order chi connectivity index (χ0) is 14.9. The van der Waals surface area contributed by atoms with Crippen molar-refractivity contribution in [2.45, 2.75) is 30.0 Å². The molecule has 114 valence electrons. The van der Waals surface area contributed by atoms with Crippen LogP contribution in [0.15, 0.2) is 22.8 Å². The van der Waals surface area contributed by atoms with Gasteiger partial charge in [0.25, 0.3) is 10.0 Å². The van der Waals surface area contributed by atoms with Crippen molar-refractivity contribution < 1.29 is 8.42 Å². The van der Waals surface area contributed by atoms with Gasteiger partial charge in [-0.3, -0.25) is 9.40 Å². The van der Waals surface area contributed by atoms with Crippen molar-refractivity contribution in [1.82, 2.24) is 20.1 Å². The van der Waals surface area contributed by atoms with Crippen LogP contribution in [0.2, 0.25) is 0 Å². The Morgan fingerprint density at radius 3 is 2.81 bits per heavy atom. The summed E-state index contributed by atoms with van der Waals surface area (Å²) in [5.74, 6) is 0. The predicted molar refractivity (Wildman–Crippen MR) is 81.0 cm³/mol. The number of hydrogen-bond donors (Lipinski definition) is 2. The lowest BCUT2D eigenvalue weighted by molar-refractivity contribution is 0.343. The van der Waals surface area contributed by atoms with E-state index in [-0.39, 0.29) is 4.21 Å². The molecule has 9 heteroatoms. The third kappa shape index (κ3) is 3.25. The summed E-state index contributed by atoms with van der Waals surface area (Å²) in [6, 6.07) is 0.329. The van der Waals surface area contributed by atoms with Crippen LogP contribution in [0.4, 0.5) is 5.69 Å². The average Bonchev–Trinajstić information content (AvgIpc) is 3.09. The molecule has 3 rings (SSSR count). The number of thiazole rings is 1. The summed E-state index contributed by atoms with van der Waals surface area (Å²) in [4.78, 5) is 3.97. The Morgan fingerprint density at radius 1 is 1.38 bits per heavy atom. The second-order valence-corrected chi connectivity index (χ2v) is 8.14. The normalized spacial score (nSPS) is 17.0. The molecule has 2 aromatic rings. The van der Waals surface area contributed by atoms with Gasteiger partial charge in [-0.25, -0.2) is 13.4 Å². The van der Waals surface area contributed by atoms with Crippen molar-refractivity contribution in [3.8, 4) is 0 Å². The molecule has 1 aliphatic heterocycles. The van der Waals surface area contributed by atoms with E-state index in [1.54, 1.807) is 19.3 Å². The first-order valence-electron chi connectivity index (χ1n) is 6.75. The second-order valence-electron chi connectivity index (χ2n) is 4.99. The van der Waals surface area contributed by atoms with Crippen LogP contribution in [0.1, 0.15) is 23.9 Å². The fraction of sp³-hybridized carbons (Fsp3) is 0.500. The van der Waals surface area contributed by atoms with Gasteiger partial charge in [0.1, 0.15) is 0 Å². The van der Waals surface area contributed by atoms with E-state index in [1.807, 2.05) is 4.68 Å². The highest BCUT2D eigenvalue weighted by Crippen LogP contribution is 2.23. The van der Waals surface area contributed by atoms with Gasteiger partial charge in [0.2, 0.25) is 0 Å². The molecular formula is C12H17N5O2S2. The lowest BCUT2D eigenvalue weighted by Gasteiger charge is -2.22. The van der Waals surface area contributed by atoms with Crippen molar-refractivity contribution in [1.29, 1.82) is 0 Å². The van der Waals surface area contributed by atoms with E-state index in [4.69, 9.17) is 0 Å². The van der Waals surface area contributed by atoms with Gasteiger partial charge in [0.05, 0.1) is 29.1 Å². The summed E-state index contributed by atoms with van der Waals surface area (Å²) in [6.07, 6.45) is 6.68. The van der Waals surface area contributed by atoms with Crippen molar-refractivity contribution in [3.63, 3.8) is 0 Å². The maximum Gasteiger partial charge on any atom is 0.273 e. The summed E-state index contributed by atoms with van der Waals surface area (Å²) in [5.41, 5.74) is 0.486. The van der Waals surface area contributed by atoms with Crippen molar-refractivity contribution >= 4 is 27.0 Å². The Kier molecular flexibility index (Phi) is 3.96. The smallest absolute Gasteiger partial charge is 0.273 e. The molecule has 0 spiro atoms. The summed E-state index contributed by atoms with van der Waals surface area (Å²) < 4.78 is 29.0. The number of anilines is 1. The maximum absolute atomic E-state index is 12.2. The molecule has 0 saturated carbocycles. The molecule has 0 bridgehead atoms. The molecule has 0 radical (unpaired) electrons. The Labute approximate surface area is 127 Å². The van der Waals surface area contributed by atoms with Gasteiger partial charge in [0.15, 0.2) is 4.21 Å². The molecule has 2 aromatic heterocycles. The summed E-state index contributed by atoms with van der Waals surface area (Å²) >= 11 is 1.15. The van der Waals surface area contributed by atoms with Gasteiger partial charge in [0, 0.05) is 6.20 Å². The van der Waals surface area contributed by atoms with E-state index in [2.05, 4.69) is 20.1 Å². The van der Waals surface area contributed by atoms with Crippen LogP contribution in [-0.4, -0.2) is 36.3 Å². The Balaban J connectivity index is 1.74. The molecule has 0 aliphatic carbocycles. The molecule has 3 heterocycles. The van der Waals surface area contributed by atoms with E-state index in [9.17, 15) is 8.42 Å². The molecule has 0 aromatic carbocycles. The fourth-order valence-corrected chi connectivity index (χ4v) is 4.47. The standard InChI is InChI=1S/C12H17N5O2S2/c1-9-14-7-12(20-9)21(18,19)16-10-6-15-17(8-10)11-2-4-13-5-3-11/h6-8,11,13,16H,2-5H2,1H3. The van der Waals surface area contributed by atoms with Crippen molar-refractivity contribution in [2.75, 3.05) is 17.8 Å². The summed E-state index contributed by atoms with van der Waals surface area (Å²) in [7, 11) is -3.57. The van der Waals surface area contributed by atoms with Crippen LogP contribution < -0.4 is 10.0 Å². The molecule has 2 N–H and O–H groups in total. The van der Waals surface area contributed by atoms with Crippen LogP contribution in [-0.2, 0) is 10.0 Å². The largest absolute Gasteiger partial charge is 0.317 e. The Morgan fingerprint density at radius 2 is 2.14 bits per heavy atom. The van der Waals surface area contributed by atoms with Crippen LogP contribution >= 0.6 is 11.3 Å². The molecule has 1 fully saturated rings. The van der Waals surface area contributed by atoms with E-state index in [0.29, 0.717) is 11.7 Å². The number of aryl methyl sites for hydroxylation is 1. The minimum atomic E-state index is -3.57. The molecule has 1 saturated heterocycles. The van der Waals surface area contributed by atoms with Crippen molar-refractivity contribution in [2.24, 2.45) is 0 Å². The number of sulfonamides is 1. The highest BCUT2D eigenvalue weighted by Gasteiger charge is 2.20. The highest BCUT2D eigenvalue weighted by molar-refractivity contribution is 7.94. The van der Waals surface area contributed by atoms with E-state index in [1.165, 1.54) is 6.20 Å². The van der Waals surface area contributed by atoms with Crippen LogP contribution in [0, 0.1) is 6.92 Å². The number of rotatable bonds is 4. The zero-order valence-corrected chi connectivity index (χ0v) is 13.2. The van der Waals surface area contributed by atoms with Crippen LogP contribution in [0.25, 0.3) is 0 Å². The third-order valence-electron chi connectivity index (χ3n) is 3.40. The van der Waals surface area contributed by atoms with E-state index in [0.717, 1.165) is 42.3 Å². The fourth-order valence-electron chi connectivity index (χ4n) is 2.33. The number of piperidine rings is 1. The third-order valence-corrected chi connectivity index (χ3v) is 6.16. The number of aromatic nitrogens is 3. The lowest BCUT2D eigenvalue weighted by Crippen LogP contribution is -2.29. The first-order chi connectivity index (χ1) is 10.0. The van der Waals surface area contributed by atoms with Gasteiger partial charge in [-0.2, -0.15) is 5.10 Å². The lowest BCUT2D eigenvalue weighted by atomic mass is 10.1. The van der Waals surface area contributed by atoms with E-state index >= 15 is 0 Å². The average molecular weight is 327 g/mol. The van der Waals surface area contributed by atoms with Gasteiger partial charge < -0.3 is 5.32 Å². The predicted octanol–water partition coefficient (Wildman–Crippen LogP) is 1.37. The minimum absolute atomic E-state index is 0.217. The molecule has 21 heavy (non-hydrogen) atoms. The zero-order valence-electron chi connectivity index (χ0n) is 11.6. The topological polar surface area (TPSA) is 88.9 Å². The molecule has 0 atom stereocenters. The van der Waals surface area contributed by atoms with Gasteiger partial charge in [-0.05, 0) is 32.9 Å². The molecule has 7 nitrogen and oxygen atoms in total. The van der Waals surface area contributed by atoms with Crippen molar-refractivity contribution in [3.05, 3.63) is 23.6 Å². The quantitative estimate of drug-likeness (QED) is 0.885. The minimum Gasteiger partial charge on any atom is -0.317 e. The Bertz CT molecular complexity index is 716. The summed E-state index contributed by atoms with van der Waals surface area (Å²) in [6.45, 7) is 3.70. The molecule has 1 aliphatic rings. The molecule has 0 unspecified atom stereocenters. The van der Waals surface area contributed by atoms with Gasteiger partial charge in [-0.1, -0.05) is 0 Å². The van der Waals surface area contributed by atoms with Gasteiger partial charge >= 0.3 is 0 Å². The number of nitrogens with zero attached hydrogens (tertiary/aromatic N) is 3. The van der Waals surface area contributed by atoms with Gasteiger partial charge in [-0.15, -0.1) is 11.3 Å².